The third-order valence-electron chi connectivity index (χ3n) is 3.74. The number of carbonyl (C=O) groups is 1. The van der Waals surface area contributed by atoms with E-state index < -0.39 is 17.6 Å². The zero-order chi connectivity index (χ0) is 16.0. The van der Waals surface area contributed by atoms with E-state index in [-0.39, 0.29) is 18.2 Å². The normalized spacial score (nSPS) is 14.8. The van der Waals surface area contributed by atoms with Gasteiger partial charge in [-0.3, -0.25) is 4.79 Å². The van der Waals surface area contributed by atoms with Gasteiger partial charge in [0.05, 0.1) is 18.6 Å². The van der Waals surface area contributed by atoms with Crippen LogP contribution < -0.4 is 5.32 Å². The van der Waals surface area contributed by atoms with Gasteiger partial charge in [-0.25, -0.2) is 0 Å². The van der Waals surface area contributed by atoms with Crippen LogP contribution in [-0.2, 0) is 4.79 Å². The van der Waals surface area contributed by atoms with Crippen molar-refractivity contribution in [3.05, 3.63) is 35.9 Å². The van der Waals surface area contributed by atoms with Crippen molar-refractivity contribution in [3.8, 4) is 0 Å². The van der Waals surface area contributed by atoms with Gasteiger partial charge in [-0.15, -0.1) is 0 Å². The van der Waals surface area contributed by atoms with Crippen molar-refractivity contribution in [3.63, 3.8) is 0 Å². The van der Waals surface area contributed by atoms with Crippen LogP contribution in [0.15, 0.2) is 30.3 Å². The van der Waals surface area contributed by atoms with E-state index in [1.54, 1.807) is 12.1 Å². The number of nitrogens with one attached hydrogen (secondary N) is 1. The highest BCUT2D eigenvalue weighted by Crippen LogP contribution is 2.25. The lowest BCUT2D eigenvalue weighted by Gasteiger charge is -2.33. The van der Waals surface area contributed by atoms with E-state index in [1.165, 1.54) is 0 Å². The summed E-state index contributed by atoms with van der Waals surface area (Å²) in [6, 6.07) is 9.12. The van der Waals surface area contributed by atoms with Gasteiger partial charge in [-0.2, -0.15) is 0 Å². The zero-order valence-corrected chi connectivity index (χ0v) is 13.3. The Kier molecular flexibility index (Phi) is 6.37. The Morgan fingerprint density at radius 3 is 2.29 bits per heavy atom. The van der Waals surface area contributed by atoms with Crippen LogP contribution in [0, 0.1) is 11.3 Å². The van der Waals surface area contributed by atoms with Crippen LogP contribution in [0.4, 0.5) is 0 Å². The summed E-state index contributed by atoms with van der Waals surface area (Å²) in [5, 5.41) is 22.9. The number of aliphatic hydroxyl groups is 2. The predicted octanol–water partition coefficient (Wildman–Crippen LogP) is 2.27. The Labute approximate surface area is 127 Å². The Balaban J connectivity index is 2.48. The van der Waals surface area contributed by atoms with Gasteiger partial charge >= 0.3 is 0 Å². The first-order valence-electron chi connectivity index (χ1n) is 7.42. The van der Waals surface area contributed by atoms with E-state index in [0.29, 0.717) is 6.54 Å². The minimum absolute atomic E-state index is 0.0257. The average molecular weight is 293 g/mol. The molecule has 1 rings (SSSR count). The number of carbonyl (C=O) groups excluding carboxylic acids is 1. The monoisotopic (exact) mass is 293 g/mol. The molecule has 21 heavy (non-hydrogen) atoms. The topological polar surface area (TPSA) is 69.6 Å². The molecule has 3 N–H and O–H groups in total. The first kappa shape index (κ1) is 17.7. The van der Waals surface area contributed by atoms with Gasteiger partial charge in [0.15, 0.2) is 0 Å². The Morgan fingerprint density at radius 1 is 1.19 bits per heavy atom. The van der Waals surface area contributed by atoms with Crippen LogP contribution in [0.5, 0.6) is 0 Å². The molecule has 0 aliphatic heterocycles. The molecule has 0 radical (unpaired) electrons. The molecule has 1 amide bonds. The highest BCUT2D eigenvalue weighted by molar-refractivity contribution is 5.76. The van der Waals surface area contributed by atoms with Crippen LogP contribution >= 0.6 is 0 Å². The van der Waals surface area contributed by atoms with E-state index in [1.807, 2.05) is 45.9 Å². The molecule has 0 aromatic heterocycles. The van der Waals surface area contributed by atoms with Crippen LogP contribution in [0.25, 0.3) is 0 Å². The summed E-state index contributed by atoms with van der Waals surface area (Å²) >= 11 is 0. The van der Waals surface area contributed by atoms with Gasteiger partial charge in [-0.1, -0.05) is 58.0 Å². The maximum atomic E-state index is 11.9. The maximum absolute atomic E-state index is 11.9. The molecule has 1 aromatic rings. The smallest absolute Gasteiger partial charge is 0.222 e. The fraction of sp³-hybridized carbons (Fsp3) is 0.588. The molecule has 4 nitrogen and oxygen atoms in total. The summed E-state index contributed by atoms with van der Waals surface area (Å²) in [6.07, 6.45) is -1.26. The molecule has 0 saturated heterocycles. The van der Waals surface area contributed by atoms with Crippen molar-refractivity contribution in [2.75, 3.05) is 6.54 Å². The lowest BCUT2D eigenvalue weighted by Crippen LogP contribution is -2.43. The van der Waals surface area contributed by atoms with E-state index in [0.717, 1.165) is 5.56 Å². The molecule has 0 heterocycles. The first-order chi connectivity index (χ1) is 9.74. The van der Waals surface area contributed by atoms with Crippen LogP contribution in [0.2, 0.25) is 0 Å². The highest BCUT2D eigenvalue weighted by Gasteiger charge is 2.30. The molecule has 4 heteroatoms. The summed E-state index contributed by atoms with van der Waals surface area (Å²) in [5.74, 6) is -0.0813. The molecule has 0 spiro atoms. The molecule has 0 aliphatic carbocycles. The summed E-state index contributed by atoms with van der Waals surface area (Å²) in [6.45, 7) is 8.13. The number of aliphatic hydroxyl groups excluding tert-OH is 2. The third-order valence-corrected chi connectivity index (χ3v) is 3.74. The third kappa shape index (κ3) is 5.48. The fourth-order valence-corrected chi connectivity index (χ4v) is 2.37. The van der Waals surface area contributed by atoms with Crippen molar-refractivity contribution in [2.45, 2.75) is 46.3 Å². The summed E-state index contributed by atoms with van der Waals surface area (Å²) in [5.41, 5.74) is 0.329. The lowest BCUT2D eigenvalue weighted by atomic mass is 9.80. The molecule has 2 atom stereocenters. The Hall–Kier alpha value is -1.39. The number of hydrogen-bond donors (Lipinski definition) is 3. The van der Waals surface area contributed by atoms with E-state index >= 15 is 0 Å². The zero-order valence-electron chi connectivity index (χ0n) is 13.3. The Morgan fingerprint density at radius 2 is 1.76 bits per heavy atom. The standard InChI is InChI=1S/C17H27NO3/c1-12(2)16(21)17(3,4)11-18-15(20)10-14(19)13-8-6-5-7-9-13/h5-9,12,14,16,19,21H,10-11H2,1-4H3,(H,18,20). The van der Waals surface area contributed by atoms with Crippen LogP contribution in [0.3, 0.4) is 0 Å². The van der Waals surface area contributed by atoms with E-state index in [2.05, 4.69) is 5.32 Å². The van der Waals surface area contributed by atoms with Crippen LogP contribution in [0.1, 0.15) is 45.8 Å². The molecule has 1 aromatic carbocycles. The van der Waals surface area contributed by atoms with Gasteiger partial charge in [0, 0.05) is 12.0 Å². The first-order valence-corrected chi connectivity index (χ1v) is 7.42. The van der Waals surface area contributed by atoms with Gasteiger partial charge in [-0.05, 0) is 11.5 Å². The molecular formula is C17H27NO3. The van der Waals surface area contributed by atoms with Crippen molar-refractivity contribution < 1.29 is 15.0 Å². The van der Waals surface area contributed by atoms with Crippen LogP contribution in [-0.4, -0.2) is 28.8 Å². The van der Waals surface area contributed by atoms with Gasteiger partial charge in [0.25, 0.3) is 0 Å². The molecule has 2 unspecified atom stereocenters. The molecule has 118 valence electrons. The average Bonchev–Trinajstić information content (AvgIpc) is 2.45. The van der Waals surface area contributed by atoms with E-state index in [9.17, 15) is 15.0 Å². The van der Waals surface area contributed by atoms with Gasteiger partial charge in [0.1, 0.15) is 0 Å². The highest BCUT2D eigenvalue weighted by atomic mass is 16.3. The second-order valence-electron chi connectivity index (χ2n) is 6.58. The number of rotatable bonds is 7. The lowest BCUT2D eigenvalue weighted by molar-refractivity contribution is -0.124. The largest absolute Gasteiger partial charge is 0.392 e. The SMILES string of the molecule is CC(C)C(O)C(C)(C)CNC(=O)CC(O)c1ccccc1. The quantitative estimate of drug-likeness (QED) is 0.722. The van der Waals surface area contributed by atoms with E-state index in [4.69, 9.17) is 0 Å². The maximum Gasteiger partial charge on any atom is 0.222 e. The van der Waals surface area contributed by atoms with Gasteiger partial charge in [0.2, 0.25) is 5.91 Å². The number of hydrogen-bond acceptors (Lipinski definition) is 3. The van der Waals surface area contributed by atoms with Crippen molar-refractivity contribution >= 4 is 5.91 Å². The molecule has 0 aliphatic rings. The van der Waals surface area contributed by atoms with Crippen molar-refractivity contribution in [2.24, 2.45) is 11.3 Å². The fourth-order valence-electron chi connectivity index (χ4n) is 2.37. The number of amides is 1. The van der Waals surface area contributed by atoms with Crippen molar-refractivity contribution in [1.29, 1.82) is 0 Å². The van der Waals surface area contributed by atoms with Crippen molar-refractivity contribution in [1.82, 2.24) is 5.32 Å². The number of benzene rings is 1. The second kappa shape index (κ2) is 7.57. The van der Waals surface area contributed by atoms with Gasteiger partial charge < -0.3 is 15.5 Å². The molecule has 0 fully saturated rings. The Bertz CT molecular complexity index is 443. The minimum Gasteiger partial charge on any atom is -0.392 e. The molecular weight excluding hydrogens is 266 g/mol. The second-order valence-corrected chi connectivity index (χ2v) is 6.58. The summed E-state index contributed by atoms with van der Waals surface area (Å²) in [4.78, 5) is 11.9. The minimum atomic E-state index is -0.802. The molecule has 0 bridgehead atoms. The predicted molar refractivity (Wildman–Crippen MR) is 83.7 cm³/mol. The summed E-state index contributed by atoms with van der Waals surface area (Å²) < 4.78 is 0. The summed E-state index contributed by atoms with van der Waals surface area (Å²) in [7, 11) is 0. The molecule has 0 saturated carbocycles.